The Balaban J connectivity index is 1.73. The minimum Gasteiger partial charge on any atom is -0.343 e. The number of nitrogens with zero attached hydrogens (tertiary/aromatic N) is 2. The maximum Gasteiger partial charge on any atom is 0.222 e. The van der Waals surface area contributed by atoms with Gasteiger partial charge in [0.05, 0.1) is 0 Å². The molecular weight excluding hydrogens is 250 g/mol. The number of rotatable bonds is 4. The number of nitrogens with one attached hydrogen (secondary N) is 1. The van der Waals surface area contributed by atoms with Crippen LogP contribution in [0, 0.1) is 5.92 Å². The lowest BCUT2D eigenvalue weighted by molar-refractivity contribution is -0.133. The highest BCUT2D eigenvalue weighted by atomic mass is 16.2. The Bertz CT molecular complexity index is 315. The first-order valence-electron chi connectivity index (χ1n) is 8.24. The molecule has 1 amide bonds. The number of likely N-dealkylation sites (tertiary alicyclic amines) is 1. The van der Waals surface area contributed by atoms with Gasteiger partial charge in [-0.25, -0.2) is 0 Å². The van der Waals surface area contributed by atoms with Crippen molar-refractivity contribution in [3.8, 4) is 0 Å². The smallest absolute Gasteiger partial charge is 0.222 e. The van der Waals surface area contributed by atoms with Crippen molar-refractivity contribution in [1.82, 2.24) is 15.1 Å². The van der Waals surface area contributed by atoms with Gasteiger partial charge in [-0.3, -0.25) is 4.79 Å². The van der Waals surface area contributed by atoms with Crippen molar-refractivity contribution >= 4 is 5.91 Å². The highest BCUT2D eigenvalue weighted by molar-refractivity contribution is 5.76. The molecule has 0 aromatic rings. The minimum atomic E-state index is 0.352. The van der Waals surface area contributed by atoms with Crippen LogP contribution in [0.15, 0.2) is 0 Å². The first-order valence-corrected chi connectivity index (χ1v) is 8.24. The third-order valence-electron chi connectivity index (χ3n) is 5.35. The summed E-state index contributed by atoms with van der Waals surface area (Å²) in [6.07, 6.45) is 6.53. The van der Waals surface area contributed by atoms with Crippen LogP contribution in [0.1, 0.15) is 45.4 Å². The van der Waals surface area contributed by atoms with Crippen molar-refractivity contribution in [2.45, 2.75) is 57.5 Å². The molecule has 4 heteroatoms. The zero-order valence-electron chi connectivity index (χ0n) is 13.4. The van der Waals surface area contributed by atoms with Gasteiger partial charge >= 0.3 is 0 Å². The standard InChI is InChI=1S/C16H31N3O/c1-13-12-15(8-11-18(13)2)19(3)16(20)5-4-14-6-9-17-10-7-14/h13-15,17H,4-12H2,1-3H3/t13-,15+/m1/s1. The summed E-state index contributed by atoms with van der Waals surface area (Å²) < 4.78 is 0. The lowest BCUT2D eigenvalue weighted by Crippen LogP contribution is -2.48. The van der Waals surface area contributed by atoms with Gasteiger partial charge < -0.3 is 15.1 Å². The molecule has 0 saturated carbocycles. The summed E-state index contributed by atoms with van der Waals surface area (Å²) in [5, 5.41) is 3.39. The van der Waals surface area contributed by atoms with Crippen LogP contribution in [0.2, 0.25) is 0 Å². The molecule has 20 heavy (non-hydrogen) atoms. The minimum absolute atomic E-state index is 0.352. The van der Waals surface area contributed by atoms with E-state index >= 15 is 0 Å². The van der Waals surface area contributed by atoms with Gasteiger partial charge in [-0.1, -0.05) is 0 Å². The highest BCUT2D eigenvalue weighted by Gasteiger charge is 2.28. The van der Waals surface area contributed by atoms with E-state index in [9.17, 15) is 4.79 Å². The van der Waals surface area contributed by atoms with Crippen molar-refractivity contribution in [3.05, 3.63) is 0 Å². The molecule has 0 aliphatic carbocycles. The number of amides is 1. The zero-order valence-corrected chi connectivity index (χ0v) is 13.4. The molecule has 2 fully saturated rings. The normalized spacial score (nSPS) is 29.4. The second-order valence-electron chi connectivity index (χ2n) is 6.74. The monoisotopic (exact) mass is 281 g/mol. The summed E-state index contributed by atoms with van der Waals surface area (Å²) in [5.74, 6) is 1.11. The average Bonchev–Trinajstić information content (AvgIpc) is 2.48. The Labute approximate surface area is 123 Å². The van der Waals surface area contributed by atoms with Gasteiger partial charge in [0.1, 0.15) is 0 Å². The van der Waals surface area contributed by atoms with Crippen molar-refractivity contribution < 1.29 is 4.79 Å². The molecule has 0 aromatic heterocycles. The lowest BCUT2D eigenvalue weighted by Gasteiger charge is -2.39. The number of hydrogen-bond acceptors (Lipinski definition) is 3. The Kier molecular flexibility index (Phi) is 5.85. The quantitative estimate of drug-likeness (QED) is 0.852. The van der Waals surface area contributed by atoms with Crippen LogP contribution in [-0.2, 0) is 4.79 Å². The van der Waals surface area contributed by atoms with Crippen LogP contribution in [0.5, 0.6) is 0 Å². The summed E-state index contributed by atoms with van der Waals surface area (Å²) in [4.78, 5) is 16.8. The molecular formula is C16H31N3O. The van der Waals surface area contributed by atoms with Crippen LogP contribution in [0.4, 0.5) is 0 Å². The third-order valence-corrected chi connectivity index (χ3v) is 5.35. The number of piperidine rings is 2. The second-order valence-corrected chi connectivity index (χ2v) is 6.74. The molecule has 2 aliphatic heterocycles. The molecule has 2 aliphatic rings. The fourth-order valence-corrected chi connectivity index (χ4v) is 3.49. The molecule has 1 N–H and O–H groups in total. The van der Waals surface area contributed by atoms with Gasteiger partial charge in [-0.2, -0.15) is 0 Å². The molecule has 0 aromatic carbocycles. The van der Waals surface area contributed by atoms with Crippen LogP contribution in [-0.4, -0.2) is 61.5 Å². The highest BCUT2D eigenvalue weighted by Crippen LogP contribution is 2.22. The summed E-state index contributed by atoms with van der Waals surface area (Å²) in [6.45, 7) is 5.62. The third kappa shape index (κ3) is 4.19. The first-order chi connectivity index (χ1) is 9.58. The molecule has 4 nitrogen and oxygen atoms in total. The molecule has 0 spiro atoms. The first kappa shape index (κ1) is 15.8. The number of carbonyl (C=O) groups excluding carboxylic acids is 1. The molecule has 0 radical (unpaired) electrons. The maximum absolute atomic E-state index is 12.4. The summed E-state index contributed by atoms with van der Waals surface area (Å²) in [7, 11) is 4.19. The predicted octanol–water partition coefficient (Wildman–Crippen LogP) is 1.71. The molecule has 0 unspecified atom stereocenters. The van der Waals surface area contributed by atoms with Crippen LogP contribution in [0.25, 0.3) is 0 Å². The van der Waals surface area contributed by atoms with Gasteiger partial charge in [-0.15, -0.1) is 0 Å². The summed E-state index contributed by atoms with van der Waals surface area (Å²) >= 11 is 0. The van der Waals surface area contributed by atoms with Crippen molar-refractivity contribution in [2.75, 3.05) is 33.7 Å². The summed E-state index contributed by atoms with van der Waals surface area (Å²) in [5.41, 5.74) is 0. The topological polar surface area (TPSA) is 35.6 Å². The molecule has 116 valence electrons. The Morgan fingerprint density at radius 3 is 2.65 bits per heavy atom. The molecule has 2 atom stereocenters. The molecule has 2 saturated heterocycles. The van der Waals surface area contributed by atoms with Crippen molar-refractivity contribution in [3.63, 3.8) is 0 Å². The van der Waals surface area contributed by atoms with E-state index in [0.29, 0.717) is 18.0 Å². The van der Waals surface area contributed by atoms with Crippen LogP contribution < -0.4 is 5.32 Å². The largest absolute Gasteiger partial charge is 0.343 e. The van der Waals surface area contributed by atoms with E-state index in [1.165, 1.54) is 12.8 Å². The van der Waals surface area contributed by atoms with E-state index in [4.69, 9.17) is 0 Å². The number of hydrogen-bond donors (Lipinski definition) is 1. The zero-order chi connectivity index (χ0) is 14.5. The van der Waals surface area contributed by atoms with Crippen LogP contribution in [0.3, 0.4) is 0 Å². The van der Waals surface area contributed by atoms with Crippen LogP contribution >= 0.6 is 0 Å². The van der Waals surface area contributed by atoms with Gasteiger partial charge in [-0.05, 0) is 65.1 Å². The van der Waals surface area contributed by atoms with Crippen molar-refractivity contribution in [1.29, 1.82) is 0 Å². The SMILES string of the molecule is C[C@@H]1C[C@@H](N(C)C(=O)CCC2CCNCC2)CCN1C. The fraction of sp³-hybridized carbons (Fsp3) is 0.938. The predicted molar refractivity (Wildman–Crippen MR) is 82.7 cm³/mol. The van der Waals surface area contributed by atoms with E-state index < -0.39 is 0 Å². The maximum atomic E-state index is 12.4. The van der Waals surface area contributed by atoms with Gasteiger partial charge in [0.2, 0.25) is 5.91 Å². The van der Waals surface area contributed by atoms with Gasteiger partial charge in [0.15, 0.2) is 0 Å². The number of carbonyl (C=O) groups is 1. The van der Waals surface area contributed by atoms with E-state index in [-0.39, 0.29) is 0 Å². The lowest BCUT2D eigenvalue weighted by atomic mass is 9.92. The Morgan fingerprint density at radius 2 is 2.00 bits per heavy atom. The van der Waals surface area contributed by atoms with E-state index in [0.717, 1.165) is 51.2 Å². The van der Waals surface area contributed by atoms with Gasteiger partial charge in [0.25, 0.3) is 0 Å². The second kappa shape index (κ2) is 7.41. The van der Waals surface area contributed by atoms with E-state index in [2.05, 4.69) is 24.2 Å². The average molecular weight is 281 g/mol. The van der Waals surface area contributed by atoms with Crippen molar-refractivity contribution in [2.24, 2.45) is 5.92 Å². The van der Waals surface area contributed by atoms with E-state index in [1.807, 2.05) is 11.9 Å². The molecule has 0 bridgehead atoms. The fourth-order valence-electron chi connectivity index (χ4n) is 3.49. The summed E-state index contributed by atoms with van der Waals surface area (Å²) in [6, 6.07) is 1.04. The Hall–Kier alpha value is -0.610. The molecule has 2 heterocycles. The Morgan fingerprint density at radius 1 is 1.30 bits per heavy atom. The molecule has 2 rings (SSSR count). The van der Waals surface area contributed by atoms with E-state index in [1.54, 1.807) is 0 Å². The van der Waals surface area contributed by atoms with Gasteiger partial charge in [0, 0.05) is 32.1 Å².